The summed E-state index contributed by atoms with van der Waals surface area (Å²) < 4.78 is 0. The third-order valence-corrected chi connectivity index (χ3v) is 3.05. The maximum Gasteiger partial charge on any atom is 0.0294 e. The van der Waals surface area contributed by atoms with Gasteiger partial charge in [-0.2, -0.15) is 0 Å². The van der Waals surface area contributed by atoms with Crippen LogP contribution in [0.2, 0.25) is 0 Å². The van der Waals surface area contributed by atoms with Crippen LogP contribution in [-0.4, -0.2) is 0 Å². The lowest BCUT2D eigenvalue weighted by atomic mass is 10.00. The van der Waals surface area contributed by atoms with Crippen LogP contribution in [0, 0.1) is 0 Å². The molecule has 2 aromatic carbocycles. The van der Waals surface area contributed by atoms with Crippen molar-refractivity contribution in [3.8, 4) is 0 Å². The second kappa shape index (κ2) is 6.21. The molecule has 0 heterocycles. The van der Waals surface area contributed by atoms with E-state index >= 15 is 0 Å². The standard InChI is InChI=1S/C16H19N/c17-16(15-11-5-2-6-12-15)13-7-10-14-8-3-1-4-9-14/h1-6,8-9,11-12,16H,7,10,13,17H2/t16-/m1/s1. The Bertz CT molecular complexity index is 422. The van der Waals surface area contributed by atoms with Crippen LogP contribution in [0.4, 0.5) is 0 Å². The quantitative estimate of drug-likeness (QED) is 0.824. The molecule has 2 rings (SSSR count). The molecule has 0 saturated carbocycles. The van der Waals surface area contributed by atoms with E-state index in [1.807, 2.05) is 18.2 Å². The van der Waals surface area contributed by atoms with E-state index in [0.29, 0.717) is 0 Å². The SMILES string of the molecule is N[C@H](CCCc1ccccc1)c1ccccc1. The third kappa shape index (κ3) is 3.72. The van der Waals surface area contributed by atoms with Crippen LogP contribution in [0.25, 0.3) is 0 Å². The van der Waals surface area contributed by atoms with Gasteiger partial charge in [0.1, 0.15) is 0 Å². The molecular weight excluding hydrogens is 206 g/mol. The van der Waals surface area contributed by atoms with Crippen LogP contribution in [0.1, 0.15) is 30.0 Å². The van der Waals surface area contributed by atoms with Crippen LogP contribution >= 0.6 is 0 Å². The summed E-state index contributed by atoms with van der Waals surface area (Å²) in [4.78, 5) is 0. The van der Waals surface area contributed by atoms with E-state index in [-0.39, 0.29) is 6.04 Å². The fourth-order valence-electron chi connectivity index (χ4n) is 2.04. The first-order valence-corrected chi connectivity index (χ1v) is 6.21. The number of nitrogens with two attached hydrogens (primary N) is 1. The van der Waals surface area contributed by atoms with Crippen LogP contribution < -0.4 is 5.73 Å². The monoisotopic (exact) mass is 225 g/mol. The van der Waals surface area contributed by atoms with Gasteiger partial charge in [0.15, 0.2) is 0 Å². The van der Waals surface area contributed by atoms with Gasteiger partial charge in [-0.25, -0.2) is 0 Å². The van der Waals surface area contributed by atoms with Crippen molar-refractivity contribution in [1.29, 1.82) is 0 Å². The van der Waals surface area contributed by atoms with E-state index in [4.69, 9.17) is 5.73 Å². The normalized spacial score (nSPS) is 12.3. The number of rotatable bonds is 5. The molecule has 17 heavy (non-hydrogen) atoms. The second-order valence-corrected chi connectivity index (χ2v) is 4.40. The molecule has 0 spiro atoms. The molecule has 0 radical (unpaired) electrons. The fourth-order valence-corrected chi connectivity index (χ4v) is 2.04. The van der Waals surface area contributed by atoms with Gasteiger partial charge in [-0.05, 0) is 30.4 Å². The van der Waals surface area contributed by atoms with Gasteiger partial charge < -0.3 is 5.73 Å². The summed E-state index contributed by atoms with van der Waals surface area (Å²) >= 11 is 0. The predicted molar refractivity (Wildman–Crippen MR) is 72.8 cm³/mol. The molecule has 0 aliphatic carbocycles. The van der Waals surface area contributed by atoms with Gasteiger partial charge in [0.25, 0.3) is 0 Å². The number of hydrogen-bond donors (Lipinski definition) is 1. The van der Waals surface area contributed by atoms with Crippen LogP contribution in [0.15, 0.2) is 60.7 Å². The van der Waals surface area contributed by atoms with E-state index in [9.17, 15) is 0 Å². The summed E-state index contributed by atoms with van der Waals surface area (Å²) in [6.07, 6.45) is 3.29. The van der Waals surface area contributed by atoms with E-state index < -0.39 is 0 Å². The summed E-state index contributed by atoms with van der Waals surface area (Å²) in [6, 6.07) is 21.1. The van der Waals surface area contributed by atoms with Crippen LogP contribution in [0.3, 0.4) is 0 Å². The minimum atomic E-state index is 0.167. The topological polar surface area (TPSA) is 26.0 Å². The molecule has 0 bridgehead atoms. The van der Waals surface area contributed by atoms with E-state index in [2.05, 4.69) is 42.5 Å². The zero-order valence-corrected chi connectivity index (χ0v) is 10.0. The van der Waals surface area contributed by atoms with Crippen molar-refractivity contribution >= 4 is 0 Å². The first-order chi connectivity index (χ1) is 8.36. The van der Waals surface area contributed by atoms with Crippen LogP contribution in [-0.2, 0) is 6.42 Å². The predicted octanol–water partition coefficient (Wildman–Crippen LogP) is 3.71. The molecule has 2 N–H and O–H groups in total. The Morgan fingerprint density at radius 1 is 0.824 bits per heavy atom. The van der Waals surface area contributed by atoms with Gasteiger partial charge in [-0.15, -0.1) is 0 Å². The Hall–Kier alpha value is -1.60. The van der Waals surface area contributed by atoms with Gasteiger partial charge >= 0.3 is 0 Å². The molecule has 1 heteroatoms. The highest BCUT2D eigenvalue weighted by molar-refractivity contribution is 5.18. The summed E-state index contributed by atoms with van der Waals surface area (Å²) in [5.41, 5.74) is 8.79. The smallest absolute Gasteiger partial charge is 0.0294 e. The van der Waals surface area contributed by atoms with E-state index in [1.54, 1.807) is 0 Å². The highest BCUT2D eigenvalue weighted by atomic mass is 14.6. The van der Waals surface area contributed by atoms with Gasteiger partial charge in [-0.3, -0.25) is 0 Å². The molecule has 0 aliphatic heterocycles. The first kappa shape index (κ1) is 11.9. The van der Waals surface area contributed by atoms with Gasteiger partial charge in [0.2, 0.25) is 0 Å². The number of benzene rings is 2. The first-order valence-electron chi connectivity index (χ1n) is 6.21. The molecule has 0 aliphatic rings. The Kier molecular flexibility index (Phi) is 4.34. The molecule has 1 nitrogen and oxygen atoms in total. The van der Waals surface area contributed by atoms with Crippen molar-refractivity contribution in [2.24, 2.45) is 5.73 Å². The molecule has 0 amide bonds. The molecule has 0 fully saturated rings. The Labute approximate surface area is 103 Å². The van der Waals surface area contributed by atoms with Crippen molar-refractivity contribution in [2.45, 2.75) is 25.3 Å². The molecule has 0 unspecified atom stereocenters. The lowest BCUT2D eigenvalue weighted by Crippen LogP contribution is -2.10. The molecule has 88 valence electrons. The second-order valence-electron chi connectivity index (χ2n) is 4.40. The fraction of sp³-hybridized carbons (Fsp3) is 0.250. The van der Waals surface area contributed by atoms with E-state index in [1.165, 1.54) is 11.1 Å². The minimum absolute atomic E-state index is 0.167. The molecule has 0 saturated heterocycles. The number of hydrogen-bond acceptors (Lipinski definition) is 1. The minimum Gasteiger partial charge on any atom is -0.324 e. The highest BCUT2D eigenvalue weighted by Gasteiger charge is 2.04. The summed E-state index contributed by atoms with van der Waals surface area (Å²) in [5, 5.41) is 0. The van der Waals surface area contributed by atoms with Gasteiger partial charge in [0.05, 0.1) is 0 Å². The summed E-state index contributed by atoms with van der Waals surface area (Å²) in [7, 11) is 0. The average molecular weight is 225 g/mol. The van der Waals surface area contributed by atoms with E-state index in [0.717, 1.165) is 19.3 Å². The molecule has 1 atom stereocenters. The maximum absolute atomic E-state index is 6.16. The zero-order chi connectivity index (χ0) is 11.9. The van der Waals surface area contributed by atoms with Gasteiger partial charge in [-0.1, -0.05) is 60.7 Å². The average Bonchev–Trinajstić information content (AvgIpc) is 2.41. The maximum atomic E-state index is 6.16. The van der Waals surface area contributed by atoms with Gasteiger partial charge in [0, 0.05) is 6.04 Å². The summed E-state index contributed by atoms with van der Waals surface area (Å²) in [5.74, 6) is 0. The molecular formula is C16H19N. The van der Waals surface area contributed by atoms with Crippen molar-refractivity contribution in [3.05, 3.63) is 71.8 Å². The Balaban J connectivity index is 1.79. The molecule has 2 aromatic rings. The Morgan fingerprint density at radius 2 is 1.41 bits per heavy atom. The van der Waals surface area contributed by atoms with Crippen LogP contribution in [0.5, 0.6) is 0 Å². The van der Waals surface area contributed by atoms with Crippen molar-refractivity contribution in [3.63, 3.8) is 0 Å². The highest BCUT2D eigenvalue weighted by Crippen LogP contribution is 2.16. The van der Waals surface area contributed by atoms with Crippen molar-refractivity contribution in [2.75, 3.05) is 0 Å². The number of aryl methyl sites for hydroxylation is 1. The van der Waals surface area contributed by atoms with Crippen molar-refractivity contribution < 1.29 is 0 Å². The van der Waals surface area contributed by atoms with Crippen molar-refractivity contribution in [1.82, 2.24) is 0 Å². The molecule has 0 aromatic heterocycles. The zero-order valence-electron chi connectivity index (χ0n) is 10.0. The largest absolute Gasteiger partial charge is 0.324 e. The lowest BCUT2D eigenvalue weighted by molar-refractivity contribution is 0.611. The third-order valence-electron chi connectivity index (χ3n) is 3.05. The Morgan fingerprint density at radius 3 is 2.06 bits per heavy atom. The lowest BCUT2D eigenvalue weighted by Gasteiger charge is -2.11. The summed E-state index contributed by atoms with van der Waals surface area (Å²) in [6.45, 7) is 0.